The van der Waals surface area contributed by atoms with E-state index < -0.39 is 43.3 Å². The van der Waals surface area contributed by atoms with Crippen molar-refractivity contribution in [3.63, 3.8) is 0 Å². The Balaban J connectivity index is 1.27. The molecule has 3 unspecified atom stereocenters. The summed E-state index contributed by atoms with van der Waals surface area (Å²) in [6, 6.07) is 22.2. The van der Waals surface area contributed by atoms with Gasteiger partial charge in [-0.1, -0.05) is 71.2 Å². The molecule has 0 N–H and O–H groups in total. The normalized spacial score (nSPS) is 32.2. The third-order valence-electron chi connectivity index (χ3n) is 6.40. The predicted octanol–water partition coefficient (Wildman–Crippen LogP) is 6.66. The van der Waals surface area contributed by atoms with Gasteiger partial charge in [0, 0.05) is 31.8 Å². The highest BCUT2D eigenvalue weighted by molar-refractivity contribution is 6.31. The maximum absolute atomic E-state index is 6.52. The third-order valence-corrected chi connectivity index (χ3v) is 7.11. The number of ether oxygens (including phenoxy) is 6. The average molecular weight is 550 g/mol. The van der Waals surface area contributed by atoms with E-state index in [1.54, 1.807) is 6.07 Å². The van der Waals surface area contributed by atoms with Gasteiger partial charge < -0.3 is 28.4 Å². The Kier molecular flexibility index (Phi) is 7.23. The smallest absolute Gasteiger partial charge is 0.185 e. The fourth-order valence-corrected chi connectivity index (χ4v) is 5.32. The van der Waals surface area contributed by atoms with Gasteiger partial charge in [-0.3, -0.25) is 0 Å². The standard InChI is InChI=1S/C27H23Cl3O6/c28-18-7-1-4-15(10-18)25-31-13-21(33-25)23-24-22(34-27(36-24)17-6-3-9-20(30)12-17)14-32-26(35-23)16-5-2-8-19(29)11-16/h1-12,21-27H,13-14H2/t21-,22+,23-,24-,25?,26?,27?/m0/s1. The first-order valence-corrected chi connectivity index (χ1v) is 12.8. The van der Waals surface area contributed by atoms with Gasteiger partial charge in [0.1, 0.15) is 24.4 Å². The van der Waals surface area contributed by atoms with E-state index in [0.717, 1.165) is 16.7 Å². The van der Waals surface area contributed by atoms with Gasteiger partial charge in [-0.15, -0.1) is 0 Å². The highest BCUT2D eigenvalue weighted by atomic mass is 35.5. The zero-order chi connectivity index (χ0) is 24.6. The van der Waals surface area contributed by atoms with E-state index in [0.29, 0.717) is 21.7 Å². The zero-order valence-electron chi connectivity index (χ0n) is 19.0. The summed E-state index contributed by atoms with van der Waals surface area (Å²) in [5, 5.41) is 1.81. The maximum Gasteiger partial charge on any atom is 0.185 e. The van der Waals surface area contributed by atoms with E-state index in [4.69, 9.17) is 63.2 Å². The molecule has 9 heteroatoms. The summed E-state index contributed by atoms with van der Waals surface area (Å²) in [7, 11) is 0. The predicted molar refractivity (Wildman–Crippen MR) is 134 cm³/mol. The second-order valence-electron chi connectivity index (χ2n) is 8.88. The lowest BCUT2D eigenvalue weighted by molar-refractivity contribution is -0.217. The lowest BCUT2D eigenvalue weighted by atomic mass is 10.0. The number of halogens is 3. The van der Waals surface area contributed by atoms with Crippen molar-refractivity contribution in [2.45, 2.75) is 43.3 Å². The SMILES string of the molecule is Clc1cccc(C2OC[C@H]3OC(c4cccc(Cl)c4)O[C@@H]3[C@H]([C@@H]3COC(c4cccc(Cl)c4)O3)O2)c1. The Labute approximate surface area is 223 Å². The highest BCUT2D eigenvalue weighted by Crippen LogP contribution is 2.42. The van der Waals surface area contributed by atoms with Gasteiger partial charge in [0.15, 0.2) is 18.9 Å². The van der Waals surface area contributed by atoms with Crippen molar-refractivity contribution in [1.82, 2.24) is 0 Å². The summed E-state index contributed by atoms with van der Waals surface area (Å²) in [4.78, 5) is 0. The van der Waals surface area contributed by atoms with Crippen molar-refractivity contribution >= 4 is 34.8 Å². The summed E-state index contributed by atoms with van der Waals surface area (Å²) >= 11 is 18.6. The molecule has 3 fully saturated rings. The molecule has 3 aromatic rings. The summed E-state index contributed by atoms with van der Waals surface area (Å²) in [6.45, 7) is 0.569. The largest absolute Gasteiger partial charge is 0.346 e. The van der Waals surface area contributed by atoms with Crippen LogP contribution in [-0.2, 0) is 28.4 Å². The van der Waals surface area contributed by atoms with Gasteiger partial charge >= 0.3 is 0 Å². The van der Waals surface area contributed by atoms with Crippen molar-refractivity contribution in [3.8, 4) is 0 Å². The Morgan fingerprint density at radius 3 is 1.36 bits per heavy atom. The minimum Gasteiger partial charge on any atom is -0.346 e. The summed E-state index contributed by atoms with van der Waals surface area (Å²) in [5.41, 5.74) is 2.45. The minimum absolute atomic E-state index is 0.265. The molecule has 36 heavy (non-hydrogen) atoms. The van der Waals surface area contributed by atoms with Crippen LogP contribution in [0.25, 0.3) is 0 Å². The van der Waals surface area contributed by atoms with Gasteiger partial charge in [0.2, 0.25) is 0 Å². The lowest BCUT2D eigenvalue weighted by Crippen LogP contribution is -2.45. The highest BCUT2D eigenvalue weighted by Gasteiger charge is 2.51. The molecule has 3 aromatic carbocycles. The molecule has 0 aromatic heterocycles. The van der Waals surface area contributed by atoms with Crippen LogP contribution in [-0.4, -0.2) is 37.6 Å². The molecule has 3 saturated heterocycles. The number of rotatable bonds is 4. The number of fused-ring (bicyclic) bond motifs is 1. The Hall–Kier alpha value is -1.71. The van der Waals surface area contributed by atoms with Gasteiger partial charge in [-0.2, -0.15) is 0 Å². The van der Waals surface area contributed by atoms with Crippen molar-refractivity contribution in [3.05, 3.63) is 105 Å². The van der Waals surface area contributed by atoms with Crippen LogP contribution in [0.3, 0.4) is 0 Å². The number of hydrogen-bond donors (Lipinski definition) is 0. The molecule has 7 atom stereocenters. The van der Waals surface area contributed by atoms with E-state index >= 15 is 0 Å². The first kappa shape index (κ1) is 24.6. The molecule has 0 saturated carbocycles. The molecule has 0 amide bonds. The van der Waals surface area contributed by atoms with E-state index in [-0.39, 0.29) is 6.61 Å². The van der Waals surface area contributed by atoms with Crippen LogP contribution >= 0.6 is 34.8 Å². The quantitative estimate of drug-likeness (QED) is 0.363. The fourth-order valence-electron chi connectivity index (χ4n) is 4.72. The molecule has 188 valence electrons. The van der Waals surface area contributed by atoms with Crippen molar-refractivity contribution in [2.24, 2.45) is 0 Å². The lowest BCUT2D eigenvalue weighted by Gasteiger charge is -2.29. The number of hydrogen-bond acceptors (Lipinski definition) is 6. The molecule has 0 aliphatic carbocycles. The summed E-state index contributed by atoms with van der Waals surface area (Å²) in [5.74, 6) is 0. The monoisotopic (exact) mass is 548 g/mol. The Morgan fingerprint density at radius 1 is 0.500 bits per heavy atom. The second-order valence-corrected chi connectivity index (χ2v) is 10.2. The molecular formula is C27H23Cl3O6. The van der Waals surface area contributed by atoms with Gasteiger partial charge in [0.05, 0.1) is 13.2 Å². The van der Waals surface area contributed by atoms with Crippen LogP contribution in [0, 0.1) is 0 Å². The second kappa shape index (κ2) is 10.6. The van der Waals surface area contributed by atoms with Gasteiger partial charge in [-0.05, 0) is 36.4 Å². The molecule has 3 heterocycles. The molecule has 0 radical (unpaired) electrons. The van der Waals surface area contributed by atoms with Crippen LogP contribution < -0.4 is 0 Å². The van der Waals surface area contributed by atoms with Crippen LogP contribution in [0.4, 0.5) is 0 Å². The third kappa shape index (κ3) is 5.16. The first-order valence-electron chi connectivity index (χ1n) is 11.6. The van der Waals surface area contributed by atoms with E-state index in [9.17, 15) is 0 Å². The molecule has 0 bridgehead atoms. The van der Waals surface area contributed by atoms with Crippen molar-refractivity contribution in [1.29, 1.82) is 0 Å². The van der Waals surface area contributed by atoms with Crippen LogP contribution in [0.1, 0.15) is 35.6 Å². The van der Waals surface area contributed by atoms with E-state index in [2.05, 4.69) is 0 Å². The minimum atomic E-state index is -0.676. The maximum atomic E-state index is 6.52. The average Bonchev–Trinajstić information content (AvgIpc) is 3.49. The van der Waals surface area contributed by atoms with Gasteiger partial charge in [0.25, 0.3) is 0 Å². The molecular weight excluding hydrogens is 527 g/mol. The van der Waals surface area contributed by atoms with E-state index in [1.807, 2.05) is 66.7 Å². The van der Waals surface area contributed by atoms with Crippen LogP contribution in [0.15, 0.2) is 72.8 Å². The molecule has 6 nitrogen and oxygen atoms in total. The van der Waals surface area contributed by atoms with Crippen molar-refractivity contribution < 1.29 is 28.4 Å². The molecule has 6 rings (SSSR count). The van der Waals surface area contributed by atoms with E-state index in [1.165, 1.54) is 0 Å². The Bertz CT molecular complexity index is 1230. The molecule has 0 spiro atoms. The topological polar surface area (TPSA) is 55.4 Å². The van der Waals surface area contributed by atoms with Crippen LogP contribution in [0.2, 0.25) is 15.1 Å². The van der Waals surface area contributed by atoms with Crippen LogP contribution in [0.5, 0.6) is 0 Å². The number of benzene rings is 3. The van der Waals surface area contributed by atoms with Gasteiger partial charge in [-0.25, -0.2) is 0 Å². The zero-order valence-corrected chi connectivity index (χ0v) is 21.2. The summed E-state index contributed by atoms with van der Waals surface area (Å²) in [6.07, 6.45) is -3.70. The first-order chi connectivity index (χ1) is 17.5. The molecule has 3 aliphatic heterocycles. The summed E-state index contributed by atoms with van der Waals surface area (Å²) < 4.78 is 37.7. The molecule has 3 aliphatic rings. The van der Waals surface area contributed by atoms with Crippen molar-refractivity contribution in [2.75, 3.05) is 13.2 Å². The fraction of sp³-hybridized carbons (Fsp3) is 0.333. The Morgan fingerprint density at radius 2 is 0.889 bits per heavy atom.